The van der Waals surface area contributed by atoms with Gasteiger partial charge in [0.1, 0.15) is 6.10 Å². The van der Waals surface area contributed by atoms with Crippen molar-refractivity contribution in [3.8, 4) is 0 Å². The molecule has 92 valence electrons. The van der Waals surface area contributed by atoms with E-state index in [0.29, 0.717) is 12.0 Å². The molecule has 1 aliphatic heterocycles. The van der Waals surface area contributed by atoms with E-state index in [9.17, 15) is 4.79 Å². The molecule has 0 amide bonds. The van der Waals surface area contributed by atoms with E-state index < -0.39 is 0 Å². The van der Waals surface area contributed by atoms with Crippen molar-refractivity contribution in [2.45, 2.75) is 57.6 Å². The summed E-state index contributed by atoms with van der Waals surface area (Å²) in [6.45, 7) is 2.69. The first-order valence-electron chi connectivity index (χ1n) is 6.56. The van der Waals surface area contributed by atoms with Crippen molar-refractivity contribution in [2.75, 3.05) is 13.6 Å². The average Bonchev–Trinajstić information content (AvgIpc) is 2.84. The highest BCUT2D eigenvalue weighted by Crippen LogP contribution is 2.34. The highest BCUT2D eigenvalue weighted by molar-refractivity contribution is 5.66. The lowest BCUT2D eigenvalue weighted by atomic mass is 9.93. The topological polar surface area (TPSA) is 29.5 Å². The molecule has 1 heterocycles. The van der Waals surface area contributed by atoms with Gasteiger partial charge in [0.25, 0.3) is 0 Å². The van der Waals surface area contributed by atoms with Gasteiger partial charge >= 0.3 is 5.97 Å². The largest absolute Gasteiger partial charge is 0.461 e. The van der Waals surface area contributed by atoms with E-state index in [1.807, 2.05) is 0 Å². The molecule has 0 N–H and O–H groups in total. The summed E-state index contributed by atoms with van der Waals surface area (Å²) in [5, 5.41) is 0. The number of hydrogen-bond acceptors (Lipinski definition) is 3. The standard InChI is InChI=1S/C13H23NO2/c1-10(15)16-13(11-6-3-4-7-11)12-8-5-9-14(12)2/h11-13H,3-9H2,1-2H3. The van der Waals surface area contributed by atoms with Crippen LogP contribution in [0.4, 0.5) is 0 Å². The molecule has 2 rings (SSSR count). The molecule has 1 saturated carbocycles. The van der Waals surface area contributed by atoms with Crippen LogP contribution in [0.15, 0.2) is 0 Å². The molecule has 0 bridgehead atoms. The normalized spacial score (nSPS) is 29.5. The van der Waals surface area contributed by atoms with Crippen LogP contribution in [-0.2, 0) is 9.53 Å². The number of carbonyl (C=O) groups excluding carboxylic acids is 1. The Balaban J connectivity index is 2.03. The van der Waals surface area contributed by atoms with Crippen LogP contribution in [0.5, 0.6) is 0 Å². The molecule has 16 heavy (non-hydrogen) atoms. The molecule has 0 aromatic rings. The van der Waals surface area contributed by atoms with E-state index in [1.54, 1.807) is 0 Å². The Morgan fingerprint density at radius 2 is 1.94 bits per heavy atom. The molecular formula is C13H23NO2. The van der Waals surface area contributed by atoms with Crippen molar-refractivity contribution in [3.63, 3.8) is 0 Å². The lowest BCUT2D eigenvalue weighted by Gasteiger charge is -2.32. The van der Waals surface area contributed by atoms with Gasteiger partial charge in [-0.05, 0) is 45.2 Å². The van der Waals surface area contributed by atoms with Gasteiger partial charge in [0.2, 0.25) is 0 Å². The molecule has 3 heteroatoms. The summed E-state index contributed by atoms with van der Waals surface area (Å²) in [5.41, 5.74) is 0. The second kappa shape index (κ2) is 5.17. The monoisotopic (exact) mass is 225 g/mol. The zero-order chi connectivity index (χ0) is 11.5. The predicted molar refractivity (Wildman–Crippen MR) is 63.2 cm³/mol. The molecule has 2 unspecified atom stereocenters. The molecule has 0 aromatic carbocycles. The third-order valence-electron chi connectivity index (χ3n) is 4.12. The van der Waals surface area contributed by atoms with Crippen LogP contribution < -0.4 is 0 Å². The van der Waals surface area contributed by atoms with Crippen LogP contribution in [-0.4, -0.2) is 36.6 Å². The molecule has 0 radical (unpaired) electrons. The van der Waals surface area contributed by atoms with Crippen LogP contribution >= 0.6 is 0 Å². The van der Waals surface area contributed by atoms with E-state index in [2.05, 4.69) is 11.9 Å². The van der Waals surface area contributed by atoms with Crippen molar-refractivity contribution in [1.29, 1.82) is 0 Å². The van der Waals surface area contributed by atoms with Crippen LogP contribution in [0.3, 0.4) is 0 Å². The molecule has 1 saturated heterocycles. The Bertz CT molecular complexity index is 248. The lowest BCUT2D eigenvalue weighted by molar-refractivity contribution is -0.152. The van der Waals surface area contributed by atoms with Crippen molar-refractivity contribution >= 4 is 5.97 Å². The number of esters is 1. The number of nitrogens with zero attached hydrogens (tertiary/aromatic N) is 1. The van der Waals surface area contributed by atoms with Crippen molar-refractivity contribution < 1.29 is 9.53 Å². The minimum atomic E-state index is -0.114. The predicted octanol–water partition coefficient (Wildman–Crippen LogP) is 2.20. The third-order valence-corrected chi connectivity index (χ3v) is 4.12. The van der Waals surface area contributed by atoms with Gasteiger partial charge in [-0.1, -0.05) is 12.8 Å². The molecule has 0 aromatic heterocycles. The summed E-state index contributed by atoms with van der Waals surface area (Å²) in [7, 11) is 2.16. The summed E-state index contributed by atoms with van der Waals surface area (Å²) >= 11 is 0. The Kier molecular flexibility index (Phi) is 3.85. The van der Waals surface area contributed by atoms with Gasteiger partial charge in [-0.3, -0.25) is 9.69 Å². The Hall–Kier alpha value is -0.570. The Labute approximate surface area is 98.1 Å². The highest BCUT2D eigenvalue weighted by Gasteiger charge is 2.37. The van der Waals surface area contributed by atoms with Crippen LogP contribution in [0.25, 0.3) is 0 Å². The quantitative estimate of drug-likeness (QED) is 0.690. The van der Waals surface area contributed by atoms with Crippen molar-refractivity contribution in [2.24, 2.45) is 5.92 Å². The fraction of sp³-hybridized carbons (Fsp3) is 0.923. The number of rotatable bonds is 3. The molecule has 2 aliphatic rings. The smallest absolute Gasteiger partial charge is 0.302 e. The zero-order valence-corrected chi connectivity index (χ0v) is 10.4. The molecule has 0 spiro atoms. The molecule has 2 fully saturated rings. The SMILES string of the molecule is CC(=O)OC(C1CCCC1)C1CCCN1C. The minimum Gasteiger partial charge on any atom is -0.461 e. The Morgan fingerprint density at radius 1 is 1.25 bits per heavy atom. The van der Waals surface area contributed by atoms with Crippen LogP contribution in [0, 0.1) is 5.92 Å². The maximum Gasteiger partial charge on any atom is 0.302 e. The maximum atomic E-state index is 11.2. The molecule has 2 atom stereocenters. The number of hydrogen-bond donors (Lipinski definition) is 0. The zero-order valence-electron chi connectivity index (χ0n) is 10.4. The first-order valence-corrected chi connectivity index (χ1v) is 6.56. The summed E-state index contributed by atoms with van der Waals surface area (Å²) < 4.78 is 5.61. The summed E-state index contributed by atoms with van der Waals surface area (Å²) in [5.74, 6) is 0.492. The van der Waals surface area contributed by atoms with Gasteiger partial charge in [0, 0.05) is 13.0 Å². The van der Waals surface area contributed by atoms with Gasteiger partial charge in [-0.2, -0.15) is 0 Å². The van der Waals surface area contributed by atoms with Gasteiger partial charge in [0.15, 0.2) is 0 Å². The summed E-state index contributed by atoms with van der Waals surface area (Å²) in [6.07, 6.45) is 7.66. The second-order valence-electron chi connectivity index (χ2n) is 5.31. The number of carbonyl (C=O) groups is 1. The summed E-state index contributed by atoms with van der Waals surface area (Å²) in [4.78, 5) is 13.6. The lowest BCUT2D eigenvalue weighted by Crippen LogP contribution is -2.43. The fourth-order valence-corrected chi connectivity index (χ4v) is 3.32. The molecular weight excluding hydrogens is 202 g/mol. The average molecular weight is 225 g/mol. The van der Waals surface area contributed by atoms with Crippen LogP contribution in [0.1, 0.15) is 45.4 Å². The fourth-order valence-electron chi connectivity index (χ4n) is 3.32. The van der Waals surface area contributed by atoms with E-state index in [1.165, 1.54) is 45.4 Å². The van der Waals surface area contributed by atoms with E-state index in [-0.39, 0.29) is 12.1 Å². The minimum absolute atomic E-state index is 0.114. The Morgan fingerprint density at radius 3 is 2.44 bits per heavy atom. The molecule has 3 nitrogen and oxygen atoms in total. The van der Waals surface area contributed by atoms with E-state index >= 15 is 0 Å². The number of ether oxygens (including phenoxy) is 1. The second-order valence-corrected chi connectivity index (χ2v) is 5.31. The summed E-state index contributed by atoms with van der Waals surface area (Å²) in [6, 6.07) is 0.465. The van der Waals surface area contributed by atoms with Crippen molar-refractivity contribution in [1.82, 2.24) is 4.90 Å². The first kappa shape index (κ1) is 11.9. The first-order chi connectivity index (χ1) is 7.68. The van der Waals surface area contributed by atoms with E-state index in [4.69, 9.17) is 4.74 Å². The van der Waals surface area contributed by atoms with Crippen LogP contribution in [0.2, 0.25) is 0 Å². The van der Waals surface area contributed by atoms with Gasteiger partial charge in [-0.15, -0.1) is 0 Å². The van der Waals surface area contributed by atoms with Gasteiger partial charge in [0.05, 0.1) is 0 Å². The van der Waals surface area contributed by atoms with E-state index in [0.717, 1.165) is 6.54 Å². The highest BCUT2D eigenvalue weighted by atomic mass is 16.5. The number of likely N-dealkylation sites (tertiary alicyclic amines) is 1. The van der Waals surface area contributed by atoms with Gasteiger partial charge in [-0.25, -0.2) is 0 Å². The van der Waals surface area contributed by atoms with Crippen molar-refractivity contribution in [3.05, 3.63) is 0 Å². The van der Waals surface area contributed by atoms with Gasteiger partial charge < -0.3 is 4.74 Å². The molecule has 1 aliphatic carbocycles. The third kappa shape index (κ3) is 2.57. The maximum absolute atomic E-state index is 11.2. The number of likely N-dealkylation sites (N-methyl/N-ethyl adjacent to an activating group) is 1.